The molecule has 0 aromatic heterocycles. The average Bonchev–Trinajstić information content (AvgIpc) is 2.83. The van der Waals surface area contributed by atoms with Crippen LogP contribution < -0.4 is 25.5 Å². The first kappa shape index (κ1) is 23.3. The van der Waals surface area contributed by atoms with Crippen LogP contribution in [0.1, 0.15) is 23.7 Å². The molecule has 0 saturated heterocycles. The van der Waals surface area contributed by atoms with E-state index in [1.165, 1.54) is 14.2 Å². The van der Waals surface area contributed by atoms with E-state index in [9.17, 15) is 9.59 Å². The van der Waals surface area contributed by atoms with E-state index in [0.717, 1.165) is 11.4 Å². The normalized spacial score (nSPS) is 10.8. The molecule has 170 valence electrons. The van der Waals surface area contributed by atoms with E-state index in [1.807, 2.05) is 54.6 Å². The minimum absolute atomic E-state index is 0.0379. The molecule has 3 aromatic rings. The molecule has 0 aliphatic heterocycles. The molecule has 3 N–H and O–H groups in total. The minimum Gasteiger partial charge on any atom is -0.493 e. The Morgan fingerprint density at radius 1 is 0.818 bits per heavy atom. The molecule has 0 spiro atoms. The number of hydrazone groups is 1. The van der Waals surface area contributed by atoms with Crippen molar-refractivity contribution in [2.45, 2.75) is 13.3 Å². The number of amides is 2. The lowest BCUT2D eigenvalue weighted by atomic mass is 10.2. The van der Waals surface area contributed by atoms with Gasteiger partial charge in [0, 0.05) is 28.3 Å². The lowest BCUT2D eigenvalue weighted by molar-refractivity contribution is -0.115. The van der Waals surface area contributed by atoms with Crippen molar-refractivity contribution >= 4 is 34.6 Å². The number of carbonyl (C=O) groups is 2. The highest BCUT2D eigenvalue weighted by Crippen LogP contribution is 2.27. The van der Waals surface area contributed by atoms with Crippen molar-refractivity contribution in [2.75, 3.05) is 24.9 Å². The van der Waals surface area contributed by atoms with Crippen molar-refractivity contribution in [3.05, 3.63) is 78.4 Å². The van der Waals surface area contributed by atoms with Gasteiger partial charge in [0.2, 0.25) is 5.91 Å². The quantitative estimate of drug-likeness (QED) is 0.330. The molecule has 0 atom stereocenters. The molecule has 0 unspecified atom stereocenters. The Balaban J connectivity index is 1.51. The van der Waals surface area contributed by atoms with Crippen molar-refractivity contribution in [3.8, 4) is 11.5 Å². The van der Waals surface area contributed by atoms with Gasteiger partial charge >= 0.3 is 0 Å². The Labute approximate surface area is 192 Å². The summed E-state index contributed by atoms with van der Waals surface area (Å²) >= 11 is 0. The van der Waals surface area contributed by atoms with Gasteiger partial charge in [-0.3, -0.25) is 9.59 Å². The number of para-hydroxylation sites is 1. The summed E-state index contributed by atoms with van der Waals surface area (Å²) in [6.07, 6.45) is 0.0379. The van der Waals surface area contributed by atoms with Crippen LogP contribution in [0.3, 0.4) is 0 Å². The number of nitrogens with one attached hydrogen (secondary N) is 3. The molecule has 33 heavy (non-hydrogen) atoms. The molecule has 0 aliphatic rings. The van der Waals surface area contributed by atoms with Crippen LogP contribution in [0.25, 0.3) is 0 Å². The van der Waals surface area contributed by atoms with Crippen LogP contribution in [0.15, 0.2) is 77.9 Å². The summed E-state index contributed by atoms with van der Waals surface area (Å²) in [7, 11) is 3.01. The molecular weight excluding hydrogens is 420 g/mol. The van der Waals surface area contributed by atoms with Gasteiger partial charge in [0.05, 0.1) is 20.6 Å². The van der Waals surface area contributed by atoms with Crippen LogP contribution in [-0.2, 0) is 4.79 Å². The molecule has 0 radical (unpaired) electrons. The third kappa shape index (κ3) is 6.83. The Kier molecular flexibility index (Phi) is 8.02. The number of ether oxygens (including phenoxy) is 2. The number of anilines is 3. The van der Waals surface area contributed by atoms with E-state index >= 15 is 0 Å². The van der Waals surface area contributed by atoms with E-state index in [-0.39, 0.29) is 12.3 Å². The second kappa shape index (κ2) is 11.3. The van der Waals surface area contributed by atoms with Crippen LogP contribution in [-0.4, -0.2) is 31.7 Å². The highest BCUT2D eigenvalue weighted by Gasteiger charge is 2.11. The van der Waals surface area contributed by atoms with Gasteiger partial charge < -0.3 is 20.1 Å². The zero-order valence-corrected chi connectivity index (χ0v) is 18.7. The molecule has 3 aromatic carbocycles. The maximum absolute atomic E-state index is 12.3. The molecule has 0 saturated carbocycles. The lowest BCUT2D eigenvalue weighted by Gasteiger charge is -2.09. The predicted octanol–water partition coefficient (Wildman–Crippen LogP) is 4.58. The number of rotatable bonds is 9. The molecule has 2 amide bonds. The van der Waals surface area contributed by atoms with Crippen molar-refractivity contribution < 1.29 is 19.1 Å². The number of hydrogen-bond acceptors (Lipinski definition) is 6. The lowest BCUT2D eigenvalue weighted by Crippen LogP contribution is -2.21. The number of carbonyl (C=O) groups excluding carboxylic acids is 2. The minimum atomic E-state index is -0.419. The molecule has 0 aliphatic carbocycles. The molecule has 0 bridgehead atoms. The predicted molar refractivity (Wildman–Crippen MR) is 130 cm³/mol. The van der Waals surface area contributed by atoms with Gasteiger partial charge in [-0.25, -0.2) is 5.43 Å². The Morgan fingerprint density at radius 3 is 2.12 bits per heavy atom. The molecule has 8 nitrogen and oxygen atoms in total. The number of hydrogen-bond donors (Lipinski definition) is 3. The Hall–Kier alpha value is -4.33. The zero-order chi connectivity index (χ0) is 23.6. The highest BCUT2D eigenvalue weighted by atomic mass is 16.5. The summed E-state index contributed by atoms with van der Waals surface area (Å²) < 4.78 is 10.4. The van der Waals surface area contributed by atoms with E-state index in [2.05, 4.69) is 21.2 Å². The summed E-state index contributed by atoms with van der Waals surface area (Å²) in [5, 5.41) is 10.1. The molecule has 8 heteroatoms. The Morgan fingerprint density at radius 2 is 1.45 bits per heavy atom. The van der Waals surface area contributed by atoms with Gasteiger partial charge in [0.25, 0.3) is 5.91 Å². The second-order valence-corrected chi connectivity index (χ2v) is 7.15. The van der Waals surface area contributed by atoms with Crippen LogP contribution in [0.4, 0.5) is 17.1 Å². The number of methoxy groups -OCH3 is 2. The van der Waals surface area contributed by atoms with E-state index in [1.54, 1.807) is 25.1 Å². The van der Waals surface area contributed by atoms with Gasteiger partial charge in [-0.05, 0) is 61.5 Å². The fraction of sp³-hybridized carbons (Fsp3) is 0.160. The fourth-order valence-corrected chi connectivity index (χ4v) is 2.99. The van der Waals surface area contributed by atoms with Crippen LogP contribution in [0, 0.1) is 0 Å². The summed E-state index contributed by atoms with van der Waals surface area (Å²) in [4.78, 5) is 24.7. The summed E-state index contributed by atoms with van der Waals surface area (Å²) in [6, 6.07) is 22.0. The van der Waals surface area contributed by atoms with Gasteiger partial charge in [0.1, 0.15) is 0 Å². The van der Waals surface area contributed by atoms with Gasteiger partial charge in [-0.15, -0.1) is 0 Å². The van der Waals surface area contributed by atoms with E-state index in [4.69, 9.17) is 9.47 Å². The van der Waals surface area contributed by atoms with Gasteiger partial charge in [-0.1, -0.05) is 18.2 Å². The average molecular weight is 447 g/mol. The maximum atomic E-state index is 12.3. The summed E-state index contributed by atoms with van der Waals surface area (Å²) in [5.41, 5.74) is 5.83. The second-order valence-electron chi connectivity index (χ2n) is 7.15. The molecule has 0 heterocycles. The van der Waals surface area contributed by atoms with Crippen LogP contribution >= 0.6 is 0 Å². The summed E-state index contributed by atoms with van der Waals surface area (Å²) in [6.45, 7) is 1.67. The van der Waals surface area contributed by atoms with Gasteiger partial charge in [0.15, 0.2) is 11.5 Å². The zero-order valence-electron chi connectivity index (χ0n) is 18.7. The monoisotopic (exact) mass is 446 g/mol. The van der Waals surface area contributed by atoms with Crippen molar-refractivity contribution in [3.63, 3.8) is 0 Å². The first-order valence-electron chi connectivity index (χ1n) is 10.3. The maximum Gasteiger partial charge on any atom is 0.271 e. The third-order valence-corrected chi connectivity index (χ3v) is 4.64. The smallest absolute Gasteiger partial charge is 0.271 e. The highest BCUT2D eigenvalue weighted by molar-refractivity contribution is 6.06. The van der Waals surface area contributed by atoms with E-state index < -0.39 is 5.91 Å². The number of nitrogens with zero attached hydrogens (tertiary/aromatic N) is 1. The van der Waals surface area contributed by atoms with Crippen LogP contribution in [0.5, 0.6) is 11.5 Å². The first-order valence-corrected chi connectivity index (χ1v) is 10.3. The van der Waals surface area contributed by atoms with Crippen molar-refractivity contribution in [1.29, 1.82) is 0 Å². The Bertz CT molecular complexity index is 1130. The van der Waals surface area contributed by atoms with Crippen LogP contribution in [0.2, 0.25) is 0 Å². The SMILES string of the molecule is COc1ccc(C(=O)N/N=C(\C)CC(=O)Nc2ccc(Nc3ccccc3)cc2)cc1OC. The first-order chi connectivity index (χ1) is 16.0. The van der Waals surface area contributed by atoms with Crippen molar-refractivity contribution in [2.24, 2.45) is 5.10 Å². The fourth-order valence-electron chi connectivity index (χ4n) is 2.99. The largest absolute Gasteiger partial charge is 0.493 e. The standard InChI is InChI=1S/C25H26N4O4/c1-17(28-29-25(31)18-9-14-22(32-2)23(16-18)33-3)15-24(30)27-21-12-10-20(11-13-21)26-19-7-5-4-6-8-19/h4-14,16,26H,15H2,1-3H3,(H,27,30)(H,29,31)/b28-17+. The topological polar surface area (TPSA) is 101 Å². The third-order valence-electron chi connectivity index (χ3n) is 4.64. The van der Waals surface area contributed by atoms with Gasteiger partial charge in [-0.2, -0.15) is 5.10 Å². The number of benzene rings is 3. The van der Waals surface area contributed by atoms with Crippen molar-refractivity contribution in [1.82, 2.24) is 5.43 Å². The molecular formula is C25H26N4O4. The van der Waals surface area contributed by atoms with E-state index in [0.29, 0.717) is 28.5 Å². The molecule has 0 fully saturated rings. The summed E-state index contributed by atoms with van der Waals surface area (Å²) in [5.74, 6) is 0.307. The molecule has 3 rings (SSSR count).